The molecule has 82 valence electrons. The number of ketones is 1. The molecule has 2 nitrogen and oxygen atoms in total. The van der Waals surface area contributed by atoms with Crippen LogP contribution in [0.1, 0.15) is 28.4 Å². The van der Waals surface area contributed by atoms with Crippen LogP contribution in [0.3, 0.4) is 0 Å². The van der Waals surface area contributed by atoms with Crippen LogP contribution >= 0.6 is 0 Å². The minimum Gasteiger partial charge on any atom is -0.398 e. The smallest absolute Gasteiger partial charge is 0.398 e. The van der Waals surface area contributed by atoms with Crippen LogP contribution in [0, 0.1) is 6.92 Å². The second-order valence-electron chi connectivity index (χ2n) is 3.31. The standard InChI is InChI=1S/C10H10F3NO/c1-5-3-9(14)8(10(11,12)13)4-7(5)6(2)15/h3-4H,14H2,1-2H3. The minimum atomic E-state index is -4.53. The summed E-state index contributed by atoms with van der Waals surface area (Å²) in [5.41, 5.74) is 4.43. The molecule has 15 heavy (non-hydrogen) atoms. The first kappa shape index (κ1) is 11.6. The van der Waals surface area contributed by atoms with Gasteiger partial charge in [-0.1, -0.05) is 0 Å². The molecule has 0 amide bonds. The Balaban J connectivity index is 3.43. The van der Waals surface area contributed by atoms with E-state index in [1.54, 1.807) is 6.92 Å². The molecule has 0 unspecified atom stereocenters. The lowest BCUT2D eigenvalue weighted by Gasteiger charge is -2.12. The second kappa shape index (κ2) is 3.56. The lowest BCUT2D eigenvalue weighted by atomic mass is 10.0. The minimum absolute atomic E-state index is 0.0523. The average molecular weight is 217 g/mol. The molecule has 0 saturated heterocycles. The Morgan fingerprint density at radius 1 is 1.33 bits per heavy atom. The van der Waals surface area contributed by atoms with Crippen LogP contribution in [0.15, 0.2) is 12.1 Å². The molecule has 0 heterocycles. The number of carbonyl (C=O) groups is 1. The van der Waals surface area contributed by atoms with Crippen molar-refractivity contribution in [3.63, 3.8) is 0 Å². The molecule has 2 N–H and O–H groups in total. The van der Waals surface area contributed by atoms with Gasteiger partial charge in [0.05, 0.1) is 5.56 Å². The first-order valence-corrected chi connectivity index (χ1v) is 4.21. The maximum absolute atomic E-state index is 12.4. The highest BCUT2D eigenvalue weighted by molar-refractivity contribution is 5.96. The van der Waals surface area contributed by atoms with Gasteiger partial charge in [0.2, 0.25) is 0 Å². The summed E-state index contributed by atoms with van der Waals surface area (Å²) in [4.78, 5) is 11.0. The number of halogens is 3. The van der Waals surface area contributed by atoms with E-state index >= 15 is 0 Å². The molecule has 0 fully saturated rings. The molecule has 0 aliphatic rings. The van der Waals surface area contributed by atoms with Crippen LogP contribution in [0.4, 0.5) is 18.9 Å². The predicted octanol–water partition coefficient (Wildman–Crippen LogP) is 2.80. The molecular formula is C10H10F3NO. The van der Waals surface area contributed by atoms with E-state index in [1.165, 1.54) is 13.0 Å². The van der Waals surface area contributed by atoms with Crippen LogP contribution < -0.4 is 5.73 Å². The zero-order valence-corrected chi connectivity index (χ0v) is 8.27. The van der Waals surface area contributed by atoms with Gasteiger partial charge in [0.1, 0.15) is 0 Å². The molecule has 1 aromatic rings. The van der Waals surface area contributed by atoms with E-state index in [-0.39, 0.29) is 11.3 Å². The van der Waals surface area contributed by atoms with Crippen molar-refractivity contribution < 1.29 is 18.0 Å². The molecular weight excluding hydrogens is 207 g/mol. The van der Waals surface area contributed by atoms with Crippen LogP contribution in [0.5, 0.6) is 0 Å². The third-order valence-corrected chi connectivity index (χ3v) is 2.08. The van der Waals surface area contributed by atoms with Crippen molar-refractivity contribution in [1.29, 1.82) is 0 Å². The number of Topliss-reactive ketones (excluding diaryl/α,β-unsaturated/α-hetero) is 1. The quantitative estimate of drug-likeness (QED) is 0.580. The van der Waals surface area contributed by atoms with Gasteiger partial charge in [-0.2, -0.15) is 13.2 Å². The van der Waals surface area contributed by atoms with Crippen molar-refractivity contribution in [3.05, 3.63) is 28.8 Å². The summed E-state index contributed by atoms with van der Waals surface area (Å²) in [5.74, 6) is -0.405. The van der Waals surface area contributed by atoms with Crippen molar-refractivity contribution in [2.75, 3.05) is 5.73 Å². The van der Waals surface area contributed by atoms with Gasteiger partial charge in [0, 0.05) is 11.3 Å². The molecule has 0 aromatic heterocycles. The number of carbonyl (C=O) groups excluding carboxylic acids is 1. The van der Waals surface area contributed by atoms with Gasteiger partial charge in [0.25, 0.3) is 0 Å². The lowest BCUT2D eigenvalue weighted by Crippen LogP contribution is -2.11. The topological polar surface area (TPSA) is 43.1 Å². The summed E-state index contributed by atoms with van der Waals surface area (Å²) in [7, 11) is 0. The maximum atomic E-state index is 12.4. The van der Waals surface area contributed by atoms with Gasteiger partial charge in [-0.15, -0.1) is 0 Å². The molecule has 0 spiro atoms. The fourth-order valence-corrected chi connectivity index (χ4v) is 1.36. The first-order chi connectivity index (χ1) is 6.73. The van der Waals surface area contributed by atoms with E-state index < -0.39 is 17.5 Å². The summed E-state index contributed by atoms with van der Waals surface area (Å²) in [6.45, 7) is 2.77. The van der Waals surface area contributed by atoms with Crippen LogP contribution in [-0.4, -0.2) is 5.78 Å². The molecule has 0 aliphatic carbocycles. The Labute approximate surface area is 84.9 Å². The van der Waals surface area contributed by atoms with Crippen molar-refractivity contribution in [2.24, 2.45) is 0 Å². The third kappa shape index (κ3) is 2.29. The summed E-state index contributed by atoms with van der Waals surface area (Å²) >= 11 is 0. The van der Waals surface area contributed by atoms with Gasteiger partial charge >= 0.3 is 6.18 Å². The van der Waals surface area contributed by atoms with E-state index in [9.17, 15) is 18.0 Å². The summed E-state index contributed by atoms with van der Waals surface area (Å²) in [6.07, 6.45) is -4.53. The van der Waals surface area contributed by atoms with Crippen LogP contribution in [-0.2, 0) is 6.18 Å². The van der Waals surface area contributed by atoms with Gasteiger partial charge in [-0.05, 0) is 31.5 Å². The fourth-order valence-electron chi connectivity index (χ4n) is 1.36. The average Bonchev–Trinajstić information content (AvgIpc) is 2.00. The molecule has 0 saturated carbocycles. The van der Waals surface area contributed by atoms with Gasteiger partial charge in [-0.3, -0.25) is 4.79 Å². The zero-order chi connectivity index (χ0) is 11.8. The van der Waals surface area contributed by atoms with E-state index in [4.69, 9.17) is 5.73 Å². The number of hydrogen-bond acceptors (Lipinski definition) is 2. The number of hydrogen-bond donors (Lipinski definition) is 1. The van der Waals surface area contributed by atoms with Crippen molar-refractivity contribution in [3.8, 4) is 0 Å². The van der Waals surface area contributed by atoms with E-state index in [2.05, 4.69) is 0 Å². The summed E-state index contributed by atoms with van der Waals surface area (Å²) < 4.78 is 37.3. The van der Waals surface area contributed by atoms with Gasteiger partial charge in [-0.25, -0.2) is 0 Å². The maximum Gasteiger partial charge on any atom is 0.418 e. The number of nitrogen functional groups attached to an aromatic ring is 1. The monoisotopic (exact) mass is 217 g/mol. The molecule has 1 aromatic carbocycles. The SMILES string of the molecule is CC(=O)c1cc(C(F)(F)F)c(N)cc1C. The molecule has 0 bridgehead atoms. The number of benzene rings is 1. The Bertz CT molecular complexity index is 410. The Hall–Kier alpha value is -1.52. The second-order valence-corrected chi connectivity index (χ2v) is 3.31. The van der Waals surface area contributed by atoms with Gasteiger partial charge < -0.3 is 5.73 Å². The molecule has 5 heteroatoms. The van der Waals surface area contributed by atoms with Crippen molar-refractivity contribution in [1.82, 2.24) is 0 Å². The summed E-state index contributed by atoms with van der Waals surface area (Å²) in [5, 5.41) is 0. The fraction of sp³-hybridized carbons (Fsp3) is 0.300. The normalized spacial score (nSPS) is 11.5. The molecule has 0 aliphatic heterocycles. The zero-order valence-electron chi connectivity index (χ0n) is 8.27. The van der Waals surface area contributed by atoms with Crippen LogP contribution in [0.2, 0.25) is 0 Å². The van der Waals surface area contributed by atoms with E-state index in [0.29, 0.717) is 5.56 Å². The molecule has 0 atom stereocenters. The number of anilines is 1. The van der Waals surface area contributed by atoms with Crippen LogP contribution in [0.25, 0.3) is 0 Å². The third-order valence-electron chi connectivity index (χ3n) is 2.08. The predicted molar refractivity (Wildman–Crippen MR) is 50.6 cm³/mol. The van der Waals surface area contributed by atoms with Crippen molar-refractivity contribution in [2.45, 2.75) is 20.0 Å². The highest BCUT2D eigenvalue weighted by Gasteiger charge is 2.33. The number of alkyl halides is 3. The number of rotatable bonds is 1. The number of nitrogens with two attached hydrogens (primary N) is 1. The summed E-state index contributed by atoms with van der Waals surface area (Å²) in [6, 6.07) is 1.96. The Morgan fingerprint density at radius 3 is 2.27 bits per heavy atom. The largest absolute Gasteiger partial charge is 0.418 e. The molecule has 1 rings (SSSR count). The highest BCUT2D eigenvalue weighted by Crippen LogP contribution is 2.35. The number of aryl methyl sites for hydroxylation is 1. The van der Waals surface area contributed by atoms with E-state index in [0.717, 1.165) is 6.07 Å². The Morgan fingerprint density at radius 2 is 1.87 bits per heavy atom. The Kier molecular flexibility index (Phi) is 2.75. The first-order valence-electron chi connectivity index (χ1n) is 4.21. The highest BCUT2D eigenvalue weighted by atomic mass is 19.4. The van der Waals surface area contributed by atoms with Gasteiger partial charge in [0.15, 0.2) is 5.78 Å². The lowest BCUT2D eigenvalue weighted by molar-refractivity contribution is -0.136. The van der Waals surface area contributed by atoms with Crippen molar-refractivity contribution >= 4 is 11.5 Å². The molecule has 0 radical (unpaired) electrons. The van der Waals surface area contributed by atoms with E-state index in [1.807, 2.05) is 0 Å².